The van der Waals surface area contributed by atoms with Crippen LogP contribution in [0.4, 0.5) is 0 Å². The van der Waals surface area contributed by atoms with Gasteiger partial charge in [-0.3, -0.25) is 9.00 Å². The van der Waals surface area contributed by atoms with E-state index < -0.39 is 16.8 Å². The van der Waals surface area contributed by atoms with Crippen LogP contribution in [0, 0.1) is 0 Å². The Balaban J connectivity index is 2.18. The molecule has 0 aliphatic carbocycles. The van der Waals surface area contributed by atoms with Crippen LogP contribution >= 0.6 is 0 Å². The van der Waals surface area contributed by atoms with Crippen molar-refractivity contribution in [2.24, 2.45) is 0 Å². The molecule has 3 atom stereocenters. The SMILES string of the molecule is CC1C(C)S(=O)CCN1C(=O)c1ccc(C(=O)O)nc1. The summed E-state index contributed by atoms with van der Waals surface area (Å²) in [7, 11) is -0.906. The van der Waals surface area contributed by atoms with Gasteiger partial charge in [-0.25, -0.2) is 9.78 Å². The molecule has 3 unspecified atom stereocenters. The van der Waals surface area contributed by atoms with Crippen LogP contribution in [-0.4, -0.2) is 54.7 Å². The summed E-state index contributed by atoms with van der Waals surface area (Å²) in [6.07, 6.45) is 1.27. The van der Waals surface area contributed by atoms with Gasteiger partial charge in [0.2, 0.25) is 0 Å². The molecule has 1 aromatic heterocycles. The van der Waals surface area contributed by atoms with E-state index in [1.807, 2.05) is 13.8 Å². The van der Waals surface area contributed by atoms with Gasteiger partial charge in [-0.15, -0.1) is 0 Å². The van der Waals surface area contributed by atoms with Gasteiger partial charge >= 0.3 is 5.97 Å². The average molecular weight is 296 g/mol. The fourth-order valence-electron chi connectivity index (χ4n) is 2.15. The zero-order valence-corrected chi connectivity index (χ0v) is 12.1. The molecule has 0 radical (unpaired) electrons. The van der Waals surface area contributed by atoms with Crippen LogP contribution in [0.3, 0.4) is 0 Å². The number of carboxylic acid groups (broad SMARTS) is 1. The second-order valence-corrected chi connectivity index (χ2v) is 6.68. The minimum Gasteiger partial charge on any atom is -0.477 e. The molecular weight excluding hydrogens is 280 g/mol. The van der Waals surface area contributed by atoms with Crippen LogP contribution in [0.2, 0.25) is 0 Å². The minimum absolute atomic E-state index is 0.0704. The zero-order chi connectivity index (χ0) is 14.9. The maximum absolute atomic E-state index is 12.4. The Hall–Kier alpha value is -1.76. The first kappa shape index (κ1) is 14.6. The summed E-state index contributed by atoms with van der Waals surface area (Å²) in [5, 5.41) is 8.71. The fourth-order valence-corrected chi connectivity index (χ4v) is 3.48. The molecule has 1 aliphatic heterocycles. The van der Waals surface area contributed by atoms with Crippen molar-refractivity contribution in [2.75, 3.05) is 12.3 Å². The summed E-state index contributed by atoms with van der Waals surface area (Å²) in [6, 6.07) is 2.66. The number of amides is 1. The lowest BCUT2D eigenvalue weighted by molar-refractivity contribution is 0.0677. The summed E-state index contributed by atoms with van der Waals surface area (Å²) in [5.74, 6) is -0.859. The number of carbonyl (C=O) groups is 2. The van der Waals surface area contributed by atoms with Crippen molar-refractivity contribution in [3.05, 3.63) is 29.6 Å². The van der Waals surface area contributed by atoms with E-state index in [0.29, 0.717) is 17.9 Å². The Morgan fingerprint density at radius 3 is 2.65 bits per heavy atom. The molecule has 1 N–H and O–H groups in total. The highest BCUT2D eigenvalue weighted by Crippen LogP contribution is 2.19. The monoisotopic (exact) mass is 296 g/mol. The van der Waals surface area contributed by atoms with Gasteiger partial charge in [-0.05, 0) is 26.0 Å². The summed E-state index contributed by atoms with van der Waals surface area (Å²) >= 11 is 0. The van der Waals surface area contributed by atoms with Crippen molar-refractivity contribution < 1.29 is 18.9 Å². The molecule has 2 rings (SSSR count). The standard InChI is InChI=1S/C13H16N2O4S/c1-8-9(2)20(19)6-5-15(8)12(16)10-3-4-11(13(17)18)14-7-10/h3-4,7-9H,5-6H2,1-2H3,(H,17,18). The van der Waals surface area contributed by atoms with E-state index in [1.165, 1.54) is 18.3 Å². The van der Waals surface area contributed by atoms with Crippen molar-refractivity contribution in [2.45, 2.75) is 25.1 Å². The molecule has 6 nitrogen and oxygen atoms in total. The topological polar surface area (TPSA) is 87.6 Å². The third-order valence-electron chi connectivity index (χ3n) is 3.61. The van der Waals surface area contributed by atoms with Crippen LogP contribution in [0.1, 0.15) is 34.7 Å². The third-order valence-corrected chi connectivity index (χ3v) is 5.42. The Morgan fingerprint density at radius 1 is 1.40 bits per heavy atom. The van der Waals surface area contributed by atoms with Crippen molar-refractivity contribution in [1.29, 1.82) is 0 Å². The number of rotatable bonds is 2. The lowest BCUT2D eigenvalue weighted by Crippen LogP contribution is -2.52. The number of carboxylic acids is 1. The van der Waals surface area contributed by atoms with Gasteiger partial charge in [-0.1, -0.05) is 0 Å². The van der Waals surface area contributed by atoms with Crippen molar-refractivity contribution in [1.82, 2.24) is 9.88 Å². The molecule has 0 aromatic carbocycles. The molecule has 1 aromatic rings. The first-order valence-corrected chi connectivity index (χ1v) is 7.67. The number of carbonyl (C=O) groups excluding carboxylic acids is 1. The van der Waals surface area contributed by atoms with E-state index in [2.05, 4.69) is 4.98 Å². The minimum atomic E-state index is -1.13. The van der Waals surface area contributed by atoms with Crippen LogP contribution in [0.15, 0.2) is 18.3 Å². The molecule has 1 saturated heterocycles. The van der Waals surface area contributed by atoms with E-state index in [1.54, 1.807) is 4.90 Å². The maximum atomic E-state index is 12.4. The highest BCUT2D eigenvalue weighted by molar-refractivity contribution is 7.85. The van der Waals surface area contributed by atoms with Crippen molar-refractivity contribution in [3.63, 3.8) is 0 Å². The Bertz CT molecular complexity index is 558. The predicted octanol–water partition coefficient (Wildman–Crippen LogP) is 0.761. The first-order chi connectivity index (χ1) is 9.41. The van der Waals surface area contributed by atoms with Gasteiger partial charge in [0.25, 0.3) is 5.91 Å². The Labute approximate surface area is 119 Å². The van der Waals surface area contributed by atoms with Gasteiger partial charge in [-0.2, -0.15) is 0 Å². The average Bonchev–Trinajstić information content (AvgIpc) is 2.44. The van der Waals surface area contributed by atoms with Gasteiger partial charge in [0.1, 0.15) is 5.69 Å². The second-order valence-electron chi connectivity index (χ2n) is 4.77. The molecule has 2 heterocycles. The number of aromatic carboxylic acids is 1. The van der Waals surface area contributed by atoms with Crippen LogP contribution in [0.25, 0.3) is 0 Å². The lowest BCUT2D eigenvalue weighted by atomic mass is 10.1. The van der Waals surface area contributed by atoms with Gasteiger partial charge in [0, 0.05) is 35.3 Å². The maximum Gasteiger partial charge on any atom is 0.354 e. The Morgan fingerprint density at radius 2 is 2.10 bits per heavy atom. The second kappa shape index (κ2) is 5.70. The number of aromatic nitrogens is 1. The highest BCUT2D eigenvalue weighted by atomic mass is 32.2. The first-order valence-electron chi connectivity index (χ1n) is 6.29. The number of hydrogen-bond donors (Lipinski definition) is 1. The fraction of sp³-hybridized carbons (Fsp3) is 0.462. The van der Waals surface area contributed by atoms with E-state index >= 15 is 0 Å². The van der Waals surface area contributed by atoms with Gasteiger partial charge < -0.3 is 10.0 Å². The van der Waals surface area contributed by atoms with Gasteiger partial charge in [0.05, 0.1) is 10.8 Å². The van der Waals surface area contributed by atoms with Crippen molar-refractivity contribution >= 4 is 22.7 Å². The van der Waals surface area contributed by atoms with Crippen LogP contribution in [-0.2, 0) is 10.8 Å². The smallest absolute Gasteiger partial charge is 0.354 e. The number of nitrogens with zero attached hydrogens (tertiary/aromatic N) is 2. The van der Waals surface area contributed by atoms with E-state index in [0.717, 1.165) is 0 Å². The molecule has 1 aliphatic rings. The van der Waals surface area contributed by atoms with Crippen molar-refractivity contribution in [3.8, 4) is 0 Å². The summed E-state index contributed by atoms with van der Waals surface area (Å²) in [6.45, 7) is 4.18. The molecule has 0 bridgehead atoms. The summed E-state index contributed by atoms with van der Waals surface area (Å²) in [4.78, 5) is 28.5. The van der Waals surface area contributed by atoms with E-state index in [9.17, 15) is 13.8 Å². The number of hydrogen-bond acceptors (Lipinski definition) is 4. The van der Waals surface area contributed by atoms with Crippen LogP contribution in [0.5, 0.6) is 0 Å². The molecule has 108 valence electrons. The zero-order valence-electron chi connectivity index (χ0n) is 11.3. The largest absolute Gasteiger partial charge is 0.477 e. The van der Waals surface area contributed by atoms with Crippen LogP contribution < -0.4 is 0 Å². The van der Waals surface area contributed by atoms with E-state index in [-0.39, 0.29) is 22.9 Å². The molecule has 1 fully saturated rings. The summed E-state index contributed by atoms with van der Waals surface area (Å²) < 4.78 is 11.7. The van der Waals surface area contributed by atoms with Gasteiger partial charge in [0.15, 0.2) is 0 Å². The predicted molar refractivity (Wildman–Crippen MR) is 74.2 cm³/mol. The normalized spacial score (nSPS) is 26.3. The molecule has 0 saturated carbocycles. The molecule has 20 heavy (non-hydrogen) atoms. The highest BCUT2D eigenvalue weighted by Gasteiger charge is 2.33. The molecular formula is C13H16N2O4S. The Kier molecular flexibility index (Phi) is 4.17. The lowest BCUT2D eigenvalue weighted by Gasteiger charge is -2.37. The quantitative estimate of drug-likeness (QED) is 0.870. The third kappa shape index (κ3) is 2.72. The summed E-state index contributed by atoms with van der Waals surface area (Å²) in [5.41, 5.74) is 0.254. The van der Waals surface area contributed by atoms with E-state index in [4.69, 9.17) is 5.11 Å². The molecule has 0 spiro atoms. The molecule has 7 heteroatoms. The molecule has 1 amide bonds. The number of pyridine rings is 1.